The second-order valence-electron chi connectivity index (χ2n) is 6.43. The molecule has 1 aromatic carbocycles. The van der Waals surface area contributed by atoms with Crippen LogP contribution in [-0.4, -0.2) is 63.2 Å². The predicted octanol–water partition coefficient (Wildman–Crippen LogP) is 2.43. The van der Waals surface area contributed by atoms with Gasteiger partial charge in [0.2, 0.25) is 0 Å². The first kappa shape index (κ1) is 18.9. The van der Waals surface area contributed by atoms with Crippen molar-refractivity contribution in [3.8, 4) is 0 Å². The topological polar surface area (TPSA) is 42.9 Å². The van der Waals surface area contributed by atoms with E-state index in [4.69, 9.17) is 11.6 Å². The number of piperazine rings is 1. The van der Waals surface area contributed by atoms with Crippen molar-refractivity contribution in [1.82, 2.24) is 15.5 Å². The van der Waals surface area contributed by atoms with Gasteiger partial charge in [0.05, 0.1) is 10.7 Å². The average molecular weight is 352 g/mol. The zero-order valence-corrected chi connectivity index (χ0v) is 15.8. The van der Waals surface area contributed by atoms with E-state index in [0.29, 0.717) is 6.04 Å². The number of para-hydroxylation sites is 1. The van der Waals surface area contributed by atoms with E-state index in [1.807, 2.05) is 19.2 Å². The van der Waals surface area contributed by atoms with E-state index in [2.05, 4.69) is 51.4 Å². The van der Waals surface area contributed by atoms with Gasteiger partial charge in [-0.2, -0.15) is 0 Å². The maximum Gasteiger partial charge on any atom is 0.191 e. The zero-order chi connectivity index (χ0) is 17.4. The van der Waals surface area contributed by atoms with Crippen LogP contribution in [0, 0.1) is 0 Å². The summed E-state index contributed by atoms with van der Waals surface area (Å²) in [5, 5.41) is 7.52. The van der Waals surface area contributed by atoms with Crippen molar-refractivity contribution in [2.24, 2.45) is 4.99 Å². The molecule has 0 aliphatic carbocycles. The number of halogens is 1. The summed E-state index contributed by atoms with van der Waals surface area (Å²) in [6.45, 7) is 10.5. The van der Waals surface area contributed by atoms with E-state index in [0.717, 1.165) is 62.4 Å². The van der Waals surface area contributed by atoms with Gasteiger partial charge < -0.3 is 15.5 Å². The molecule has 0 saturated carbocycles. The van der Waals surface area contributed by atoms with Gasteiger partial charge in [-0.05, 0) is 38.9 Å². The first-order valence-electron chi connectivity index (χ1n) is 8.79. The first-order chi connectivity index (χ1) is 11.6. The fourth-order valence-corrected chi connectivity index (χ4v) is 3.15. The molecule has 1 saturated heterocycles. The molecule has 0 atom stereocenters. The lowest BCUT2D eigenvalue weighted by Crippen LogP contribution is -2.47. The molecule has 1 heterocycles. The van der Waals surface area contributed by atoms with Crippen LogP contribution in [-0.2, 0) is 0 Å². The van der Waals surface area contributed by atoms with E-state index >= 15 is 0 Å². The highest BCUT2D eigenvalue weighted by molar-refractivity contribution is 6.33. The normalized spacial score (nSPS) is 16.5. The lowest BCUT2D eigenvalue weighted by atomic mass is 10.2. The second kappa shape index (κ2) is 9.74. The van der Waals surface area contributed by atoms with Crippen molar-refractivity contribution in [2.75, 3.05) is 51.2 Å². The standard InChI is InChI=1S/C18H30ClN5/c1-15(2)22-18(20-3)21-9-6-10-23-11-13-24(14-12-23)17-8-5-4-7-16(17)19/h4-5,7-8,15H,6,9-14H2,1-3H3,(H2,20,21,22). The van der Waals surface area contributed by atoms with E-state index in [9.17, 15) is 0 Å². The Morgan fingerprint density at radius 1 is 1.21 bits per heavy atom. The molecule has 1 aliphatic rings. The Hall–Kier alpha value is -1.46. The number of benzene rings is 1. The Balaban J connectivity index is 1.66. The molecule has 1 aliphatic heterocycles. The van der Waals surface area contributed by atoms with E-state index in [1.54, 1.807) is 0 Å². The molecule has 6 heteroatoms. The summed E-state index contributed by atoms with van der Waals surface area (Å²) in [5.41, 5.74) is 1.16. The molecule has 0 unspecified atom stereocenters. The van der Waals surface area contributed by atoms with Gasteiger partial charge in [0.1, 0.15) is 0 Å². The minimum atomic E-state index is 0.397. The SMILES string of the molecule is CN=C(NCCCN1CCN(c2ccccc2Cl)CC1)NC(C)C. The molecule has 0 spiro atoms. The summed E-state index contributed by atoms with van der Waals surface area (Å²) >= 11 is 6.29. The number of anilines is 1. The Labute approximate surface area is 151 Å². The van der Waals surface area contributed by atoms with E-state index in [-0.39, 0.29) is 0 Å². The number of rotatable bonds is 6. The Morgan fingerprint density at radius 2 is 1.92 bits per heavy atom. The summed E-state index contributed by atoms with van der Waals surface area (Å²) in [6, 6.07) is 8.51. The molecule has 0 radical (unpaired) electrons. The monoisotopic (exact) mass is 351 g/mol. The molecule has 1 aromatic rings. The molecule has 2 N–H and O–H groups in total. The number of nitrogens with one attached hydrogen (secondary N) is 2. The fourth-order valence-electron chi connectivity index (χ4n) is 2.90. The van der Waals surface area contributed by atoms with Crippen LogP contribution < -0.4 is 15.5 Å². The maximum atomic E-state index is 6.29. The lowest BCUT2D eigenvalue weighted by Gasteiger charge is -2.36. The number of guanidine groups is 1. The molecule has 0 aromatic heterocycles. The molecule has 134 valence electrons. The van der Waals surface area contributed by atoms with Gasteiger partial charge in [0.25, 0.3) is 0 Å². The molecule has 0 bridgehead atoms. The summed E-state index contributed by atoms with van der Waals surface area (Å²) in [4.78, 5) is 9.13. The summed E-state index contributed by atoms with van der Waals surface area (Å²) in [6.07, 6.45) is 1.12. The first-order valence-corrected chi connectivity index (χ1v) is 9.17. The highest BCUT2D eigenvalue weighted by Gasteiger charge is 2.18. The lowest BCUT2D eigenvalue weighted by molar-refractivity contribution is 0.255. The van der Waals surface area contributed by atoms with Crippen molar-refractivity contribution in [3.05, 3.63) is 29.3 Å². The molecular formula is C18H30ClN5. The smallest absolute Gasteiger partial charge is 0.191 e. The van der Waals surface area contributed by atoms with Gasteiger partial charge in [-0.3, -0.25) is 9.89 Å². The summed E-state index contributed by atoms with van der Waals surface area (Å²) in [5.74, 6) is 0.883. The molecule has 1 fully saturated rings. The Bertz CT molecular complexity index is 524. The van der Waals surface area contributed by atoms with E-state index in [1.165, 1.54) is 0 Å². The van der Waals surface area contributed by atoms with Crippen LogP contribution in [0.15, 0.2) is 29.3 Å². The van der Waals surface area contributed by atoms with Gasteiger partial charge in [-0.15, -0.1) is 0 Å². The van der Waals surface area contributed by atoms with Crippen LogP contribution >= 0.6 is 11.6 Å². The third kappa shape index (κ3) is 5.87. The zero-order valence-electron chi connectivity index (χ0n) is 15.1. The maximum absolute atomic E-state index is 6.29. The minimum absolute atomic E-state index is 0.397. The summed E-state index contributed by atoms with van der Waals surface area (Å²) < 4.78 is 0. The second-order valence-corrected chi connectivity index (χ2v) is 6.84. The third-order valence-electron chi connectivity index (χ3n) is 4.16. The Morgan fingerprint density at radius 3 is 2.54 bits per heavy atom. The number of nitrogens with zero attached hydrogens (tertiary/aromatic N) is 3. The molecule has 0 amide bonds. The largest absolute Gasteiger partial charge is 0.368 e. The van der Waals surface area contributed by atoms with Gasteiger partial charge >= 0.3 is 0 Å². The van der Waals surface area contributed by atoms with Crippen molar-refractivity contribution >= 4 is 23.2 Å². The summed E-state index contributed by atoms with van der Waals surface area (Å²) in [7, 11) is 1.81. The molecule has 24 heavy (non-hydrogen) atoms. The predicted molar refractivity (Wildman–Crippen MR) is 104 cm³/mol. The third-order valence-corrected chi connectivity index (χ3v) is 4.48. The van der Waals surface area contributed by atoms with Crippen LogP contribution in [0.5, 0.6) is 0 Å². The van der Waals surface area contributed by atoms with Crippen molar-refractivity contribution in [2.45, 2.75) is 26.3 Å². The van der Waals surface area contributed by atoms with Crippen molar-refractivity contribution in [1.29, 1.82) is 0 Å². The number of hydrogen-bond donors (Lipinski definition) is 2. The van der Waals surface area contributed by atoms with Gasteiger partial charge in [0.15, 0.2) is 5.96 Å². The van der Waals surface area contributed by atoms with Gasteiger partial charge in [-0.1, -0.05) is 23.7 Å². The van der Waals surface area contributed by atoms with Crippen molar-refractivity contribution in [3.63, 3.8) is 0 Å². The minimum Gasteiger partial charge on any atom is -0.368 e. The fraction of sp³-hybridized carbons (Fsp3) is 0.611. The number of hydrogen-bond acceptors (Lipinski definition) is 3. The van der Waals surface area contributed by atoms with Crippen LogP contribution in [0.3, 0.4) is 0 Å². The molecule has 5 nitrogen and oxygen atoms in total. The highest BCUT2D eigenvalue weighted by atomic mass is 35.5. The highest BCUT2D eigenvalue weighted by Crippen LogP contribution is 2.25. The van der Waals surface area contributed by atoms with Gasteiger partial charge in [-0.25, -0.2) is 0 Å². The Kier molecular flexibility index (Phi) is 7.66. The van der Waals surface area contributed by atoms with E-state index < -0.39 is 0 Å². The average Bonchev–Trinajstić information content (AvgIpc) is 2.58. The number of aliphatic imine (C=N–C) groups is 1. The van der Waals surface area contributed by atoms with Gasteiger partial charge in [0, 0.05) is 45.8 Å². The van der Waals surface area contributed by atoms with Crippen LogP contribution in [0.2, 0.25) is 5.02 Å². The molecular weight excluding hydrogens is 322 g/mol. The van der Waals surface area contributed by atoms with Crippen molar-refractivity contribution < 1.29 is 0 Å². The van der Waals surface area contributed by atoms with Crippen LogP contribution in [0.1, 0.15) is 20.3 Å². The van der Waals surface area contributed by atoms with Crippen LogP contribution in [0.4, 0.5) is 5.69 Å². The molecule has 2 rings (SSSR count). The van der Waals surface area contributed by atoms with Crippen LogP contribution in [0.25, 0.3) is 0 Å². The quantitative estimate of drug-likeness (QED) is 0.469.